The van der Waals surface area contributed by atoms with E-state index in [-0.39, 0.29) is 12.0 Å². The number of carbonyl (C=O) groups excluding carboxylic acids is 1. The van der Waals surface area contributed by atoms with Gasteiger partial charge in [-0.2, -0.15) is 0 Å². The predicted molar refractivity (Wildman–Crippen MR) is 96.5 cm³/mol. The average molecular weight is 394 g/mol. The summed E-state index contributed by atoms with van der Waals surface area (Å²) in [5.74, 6) is -0.699. The van der Waals surface area contributed by atoms with E-state index in [0.29, 0.717) is 19.5 Å². The molecule has 0 radical (unpaired) electrons. The normalized spacial score (nSPS) is 28.0. The molecule has 3 rings (SSSR count). The Morgan fingerprint density at radius 2 is 2.08 bits per heavy atom. The molecule has 1 fully saturated rings. The Morgan fingerprint density at radius 1 is 1.29 bits per heavy atom. The minimum Gasteiger partial charge on any atom is -0.344 e. The Morgan fingerprint density at radius 3 is 2.83 bits per heavy atom. The third kappa shape index (κ3) is 3.90. The van der Waals surface area contributed by atoms with Gasteiger partial charge in [-0.15, -0.1) is 0 Å². The van der Waals surface area contributed by atoms with Gasteiger partial charge in [-0.25, -0.2) is 0 Å². The van der Waals surface area contributed by atoms with E-state index >= 15 is 0 Å². The van der Waals surface area contributed by atoms with Crippen LogP contribution in [0.25, 0.3) is 0 Å². The van der Waals surface area contributed by atoms with E-state index in [4.69, 9.17) is 9.47 Å². The van der Waals surface area contributed by atoms with Gasteiger partial charge in [0.25, 0.3) is 5.91 Å². The second-order valence-corrected chi connectivity index (χ2v) is 7.80. The number of nitrogens with zero attached hydrogens (tertiary/aromatic N) is 1. The van der Waals surface area contributed by atoms with Crippen LogP contribution in [0.5, 0.6) is 0 Å². The first-order valence-electron chi connectivity index (χ1n) is 8.40. The van der Waals surface area contributed by atoms with Gasteiger partial charge in [0, 0.05) is 17.6 Å². The van der Waals surface area contributed by atoms with Crippen LogP contribution in [0.3, 0.4) is 0 Å². The molecule has 0 saturated carbocycles. The molecule has 1 amide bonds. The number of hydrogen-bond acceptors (Lipinski definition) is 3. The molecule has 0 spiro atoms. The lowest BCUT2D eigenvalue weighted by atomic mass is 10.1. The van der Waals surface area contributed by atoms with E-state index in [0.717, 1.165) is 16.5 Å². The van der Waals surface area contributed by atoms with Crippen LogP contribution < -0.4 is 0 Å². The van der Waals surface area contributed by atoms with Crippen LogP contribution in [0.1, 0.15) is 37.8 Å². The van der Waals surface area contributed by atoms with E-state index in [1.54, 1.807) is 0 Å². The second kappa shape index (κ2) is 6.98. The van der Waals surface area contributed by atoms with Gasteiger partial charge in [0.05, 0.1) is 6.10 Å². The number of hydrogen-bond donors (Lipinski definition) is 0. The van der Waals surface area contributed by atoms with Crippen molar-refractivity contribution in [1.29, 1.82) is 0 Å². The van der Waals surface area contributed by atoms with Crippen molar-refractivity contribution in [3.05, 3.63) is 46.0 Å². The maximum atomic E-state index is 13.1. The first-order chi connectivity index (χ1) is 11.4. The van der Waals surface area contributed by atoms with E-state index in [1.165, 1.54) is 5.56 Å². The Labute approximate surface area is 151 Å². The van der Waals surface area contributed by atoms with E-state index < -0.39 is 11.9 Å². The number of aryl methyl sites for hydroxylation is 1. The lowest BCUT2D eigenvalue weighted by Gasteiger charge is -2.26. The van der Waals surface area contributed by atoms with Crippen molar-refractivity contribution in [1.82, 2.24) is 4.90 Å². The highest BCUT2D eigenvalue weighted by Gasteiger charge is 2.46. The second-order valence-electron chi connectivity index (χ2n) is 6.95. The summed E-state index contributed by atoms with van der Waals surface area (Å²) in [4.78, 5) is 15.0. The lowest BCUT2D eigenvalue weighted by molar-refractivity contribution is -0.162. The fraction of sp³-hybridized carbons (Fsp3) is 0.526. The van der Waals surface area contributed by atoms with Gasteiger partial charge >= 0.3 is 0 Å². The molecule has 1 saturated heterocycles. The van der Waals surface area contributed by atoms with Crippen LogP contribution in [0.15, 0.2) is 34.8 Å². The molecule has 2 heterocycles. The fourth-order valence-corrected chi connectivity index (χ4v) is 3.85. The molecule has 0 aliphatic carbocycles. The zero-order valence-electron chi connectivity index (χ0n) is 14.4. The maximum absolute atomic E-state index is 13.1. The molecule has 0 aromatic heterocycles. The van der Waals surface area contributed by atoms with Gasteiger partial charge in [0.15, 0.2) is 11.9 Å². The van der Waals surface area contributed by atoms with Crippen molar-refractivity contribution in [2.24, 2.45) is 0 Å². The Hall–Kier alpha value is -1.17. The van der Waals surface area contributed by atoms with Crippen LogP contribution in [-0.4, -0.2) is 35.3 Å². The molecule has 0 N–H and O–H groups in total. The van der Waals surface area contributed by atoms with Gasteiger partial charge in [-0.3, -0.25) is 4.79 Å². The summed E-state index contributed by atoms with van der Waals surface area (Å²) in [6, 6.07) is 6.22. The van der Waals surface area contributed by atoms with Crippen LogP contribution in [0.4, 0.5) is 0 Å². The molecular weight excluding hydrogens is 370 g/mol. The highest BCUT2D eigenvalue weighted by atomic mass is 79.9. The van der Waals surface area contributed by atoms with Gasteiger partial charge in [-0.05, 0) is 50.8 Å². The standard InChI is InChI=1S/C19H24BrNO3/c1-13-8-9-14(15(20)11-13)12-21-10-6-4-5-7-16-17(18(21)22)24-19(2,3)23-16/h4-5,8-9,11,16-17H,6-7,10,12H2,1-3H3/b5-4-/t16-,17+/m1/s1. The summed E-state index contributed by atoms with van der Waals surface area (Å²) < 4.78 is 12.9. The minimum absolute atomic E-state index is 0.0155. The van der Waals surface area contributed by atoms with E-state index in [9.17, 15) is 4.79 Å². The number of amides is 1. The SMILES string of the molecule is Cc1ccc(CN2CC/C=C\C[C@H]3OC(C)(C)O[C@@H]3C2=O)c(Br)c1. The largest absolute Gasteiger partial charge is 0.344 e. The number of benzene rings is 1. The zero-order valence-corrected chi connectivity index (χ0v) is 16.0. The summed E-state index contributed by atoms with van der Waals surface area (Å²) in [7, 11) is 0. The molecule has 2 atom stereocenters. The Kier molecular flexibility index (Phi) is 5.13. The molecule has 5 heteroatoms. The van der Waals surface area contributed by atoms with Gasteiger partial charge in [0.1, 0.15) is 0 Å². The molecule has 0 bridgehead atoms. The van der Waals surface area contributed by atoms with Crippen molar-refractivity contribution in [3.63, 3.8) is 0 Å². The molecule has 1 aromatic carbocycles. The number of fused-ring (bicyclic) bond motifs is 1. The fourth-order valence-electron chi connectivity index (χ4n) is 3.23. The number of halogens is 1. The molecule has 0 unspecified atom stereocenters. The number of rotatable bonds is 2. The van der Waals surface area contributed by atoms with Crippen molar-refractivity contribution in [2.45, 2.75) is 58.2 Å². The quantitative estimate of drug-likeness (QED) is 0.713. The molecule has 2 aliphatic heterocycles. The topological polar surface area (TPSA) is 38.8 Å². The molecule has 24 heavy (non-hydrogen) atoms. The van der Waals surface area contributed by atoms with Gasteiger partial charge in [0.2, 0.25) is 0 Å². The third-order valence-corrected chi connectivity index (χ3v) is 5.15. The van der Waals surface area contributed by atoms with Crippen LogP contribution in [-0.2, 0) is 20.8 Å². The smallest absolute Gasteiger partial charge is 0.254 e. The summed E-state index contributed by atoms with van der Waals surface area (Å²) in [6.45, 7) is 7.04. The molecular formula is C19H24BrNO3. The first-order valence-corrected chi connectivity index (χ1v) is 9.19. The molecule has 2 aliphatic rings. The molecule has 4 nitrogen and oxygen atoms in total. The Bertz CT molecular complexity index is 656. The summed E-state index contributed by atoms with van der Waals surface area (Å²) >= 11 is 3.61. The summed E-state index contributed by atoms with van der Waals surface area (Å²) in [6.07, 6.45) is 5.03. The van der Waals surface area contributed by atoms with E-state index in [1.807, 2.05) is 18.7 Å². The highest BCUT2D eigenvalue weighted by molar-refractivity contribution is 9.10. The van der Waals surface area contributed by atoms with Crippen LogP contribution >= 0.6 is 15.9 Å². The average Bonchev–Trinajstić information content (AvgIpc) is 2.83. The van der Waals surface area contributed by atoms with Crippen LogP contribution in [0.2, 0.25) is 0 Å². The van der Waals surface area contributed by atoms with Crippen LogP contribution in [0, 0.1) is 6.92 Å². The summed E-state index contributed by atoms with van der Waals surface area (Å²) in [5.41, 5.74) is 2.30. The van der Waals surface area contributed by atoms with Crippen molar-refractivity contribution >= 4 is 21.8 Å². The van der Waals surface area contributed by atoms with Gasteiger partial charge < -0.3 is 14.4 Å². The monoisotopic (exact) mass is 393 g/mol. The number of ether oxygens (including phenoxy) is 2. The van der Waals surface area contributed by atoms with Crippen molar-refractivity contribution in [2.75, 3.05) is 6.54 Å². The van der Waals surface area contributed by atoms with Crippen molar-refractivity contribution in [3.8, 4) is 0 Å². The predicted octanol–water partition coefficient (Wildman–Crippen LogP) is 3.96. The van der Waals surface area contributed by atoms with Crippen molar-refractivity contribution < 1.29 is 14.3 Å². The maximum Gasteiger partial charge on any atom is 0.254 e. The lowest BCUT2D eigenvalue weighted by Crippen LogP contribution is -2.43. The number of carbonyl (C=O) groups is 1. The molecule has 130 valence electrons. The minimum atomic E-state index is -0.714. The Balaban J connectivity index is 1.83. The third-order valence-electron chi connectivity index (χ3n) is 4.41. The van der Waals surface area contributed by atoms with E-state index in [2.05, 4.69) is 53.2 Å². The molecule has 1 aromatic rings. The summed E-state index contributed by atoms with van der Waals surface area (Å²) in [5, 5.41) is 0. The highest BCUT2D eigenvalue weighted by Crippen LogP contribution is 2.32. The first kappa shape index (κ1) is 17.6. The van der Waals surface area contributed by atoms with Gasteiger partial charge in [-0.1, -0.05) is 40.2 Å². The zero-order chi connectivity index (χ0) is 17.3.